The Hall–Kier alpha value is -2.33. The molecule has 4 heteroatoms. The molecule has 2 aromatic carbocycles. The summed E-state index contributed by atoms with van der Waals surface area (Å²) < 4.78 is 5.59. The first-order valence-corrected chi connectivity index (χ1v) is 12.4. The summed E-state index contributed by atoms with van der Waals surface area (Å²) in [4.78, 5) is 17.2. The molecule has 0 bridgehead atoms. The van der Waals surface area contributed by atoms with Crippen LogP contribution in [0.5, 0.6) is 0 Å². The number of ether oxygens (including phenoxy) is 1. The highest BCUT2D eigenvalue weighted by Crippen LogP contribution is 2.43. The highest BCUT2D eigenvalue weighted by atomic mass is 16.6. The summed E-state index contributed by atoms with van der Waals surface area (Å²) in [5.41, 5.74) is 2.73. The van der Waals surface area contributed by atoms with E-state index in [1.54, 1.807) is 0 Å². The van der Waals surface area contributed by atoms with Crippen LogP contribution in [0.25, 0.3) is 0 Å². The first-order valence-electron chi connectivity index (χ1n) is 12.4. The van der Waals surface area contributed by atoms with Crippen LogP contribution >= 0.6 is 0 Å². The Balaban J connectivity index is 1.35. The van der Waals surface area contributed by atoms with E-state index in [4.69, 9.17) is 4.74 Å². The molecule has 4 rings (SSSR count). The molecular formula is C28H38N2O2. The Morgan fingerprint density at radius 1 is 0.969 bits per heavy atom. The van der Waals surface area contributed by atoms with E-state index in [-0.39, 0.29) is 17.6 Å². The molecule has 1 aliphatic heterocycles. The number of amides is 1. The zero-order chi connectivity index (χ0) is 22.2. The average molecular weight is 435 g/mol. The second kappa shape index (κ2) is 11.0. The van der Waals surface area contributed by atoms with Crippen molar-refractivity contribution >= 4 is 6.09 Å². The minimum atomic E-state index is -0.209. The first kappa shape index (κ1) is 22.8. The third-order valence-corrected chi connectivity index (χ3v) is 7.69. The molecule has 4 nitrogen and oxygen atoms in total. The van der Waals surface area contributed by atoms with Gasteiger partial charge >= 0.3 is 6.09 Å². The van der Waals surface area contributed by atoms with Crippen LogP contribution < -0.4 is 0 Å². The summed E-state index contributed by atoms with van der Waals surface area (Å²) in [5, 5.41) is 0. The van der Waals surface area contributed by atoms with Crippen LogP contribution in [-0.2, 0) is 16.8 Å². The number of hydrogen-bond acceptors (Lipinski definition) is 3. The van der Waals surface area contributed by atoms with Crippen LogP contribution in [0.2, 0.25) is 0 Å². The van der Waals surface area contributed by atoms with E-state index in [0.717, 1.165) is 31.2 Å². The predicted octanol–water partition coefficient (Wildman–Crippen LogP) is 6.01. The zero-order valence-corrected chi connectivity index (χ0v) is 19.5. The van der Waals surface area contributed by atoms with Gasteiger partial charge in [0.2, 0.25) is 0 Å². The van der Waals surface area contributed by atoms with Crippen molar-refractivity contribution in [2.75, 3.05) is 26.7 Å². The topological polar surface area (TPSA) is 32.8 Å². The van der Waals surface area contributed by atoms with Gasteiger partial charge in [-0.2, -0.15) is 0 Å². The van der Waals surface area contributed by atoms with Crippen LogP contribution in [0, 0.1) is 0 Å². The van der Waals surface area contributed by atoms with Gasteiger partial charge in [0.1, 0.15) is 6.61 Å². The number of hydrogen-bond donors (Lipinski definition) is 0. The molecule has 2 aliphatic rings. The van der Waals surface area contributed by atoms with E-state index in [0.29, 0.717) is 6.61 Å². The van der Waals surface area contributed by atoms with Crippen LogP contribution in [-0.4, -0.2) is 48.6 Å². The van der Waals surface area contributed by atoms with Crippen LogP contribution in [0.4, 0.5) is 4.79 Å². The van der Waals surface area contributed by atoms with Crippen LogP contribution in [0.15, 0.2) is 60.7 Å². The molecule has 1 heterocycles. The Bertz CT molecular complexity index is 825. The fourth-order valence-corrected chi connectivity index (χ4v) is 5.54. The summed E-state index contributed by atoms with van der Waals surface area (Å²) in [6, 6.07) is 21.3. The van der Waals surface area contributed by atoms with Gasteiger partial charge in [0, 0.05) is 13.1 Å². The predicted molar refractivity (Wildman–Crippen MR) is 130 cm³/mol. The molecule has 32 heavy (non-hydrogen) atoms. The first-order chi connectivity index (χ1) is 15.7. The van der Waals surface area contributed by atoms with E-state index < -0.39 is 0 Å². The molecule has 2 aromatic rings. The fourth-order valence-electron chi connectivity index (χ4n) is 5.54. The van der Waals surface area contributed by atoms with E-state index in [9.17, 15) is 4.79 Å². The maximum absolute atomic E-state index is 12.7. The summed E-state index contributed by atoms with van der Waals surface area (Å²) in [6.45, 7) is 4.03. The van der Waals surface area contributed by atoms with Gasteiger partial charge < -0.3 is 14.5 Å². The van der Waals surface area contributed by atoms with Crippen molar-refractivity contribution in [1.82, 2.24) is 9.80 Å². The van der Waals surface area contributed by atoms with Gasteiger partial charge in [-0.05, 0) is 81.1 Å². The summed E-state index contributed by atoms with van der Waals surface area (Å²) in [5.74, 6) is 0. The Kier molecular flexibility index (Phi) is 7.85. The number of benzene rings is 2. The van der Waals surface area contributed by atoms with Gasteiger partial charge in [-0.15, -0.1) is 0 Å². The average Bonchev–Trinajstić information content (AvgIpc) is 2.88. The van der Waals surface area contributed by atoms with E-state index in [1.807, 2.05) is 42.3 Å². The van der Waals surface area contributed by atoms with Crippen molar-refractivity contribution in [1.29, 1.82) is 0 Å². The lowest BCUT2D eigenvalue weighted by Crippen LogP contribution is -2.45. The van der Waals surface area contributed by atoms with E-state index in [1.165, 1.54) is 50.9 Å². The number of likely N-dealkylation sites (tertiary alicyclic amines) is 1. The minimum absolute atomic E-state index is 0.209. The number of piperidine rings is 1. The maximum Gasteiger partial charge on any atom is 0.410 e. The van der Waals surface area contributed by atoms with Crippen LogP contribution in [0.3, 0.4) is 0 Å². The lowest BCUT2D eigenvalue weighted by Gasteiger charge is -2.44. The normalized spacial score (nSPS) is 24.1. The minimum Gasteiger partial charge on any atom is -0.445 e. The molecule has 0 unspecified atom stereocenters. The SMILES string of the molecule is CN(C(=O)OCc1ccccc1)C1CCC(CCN2CCCCC2)(c2ccccc2)CC1. The van der Waals surface area contributed by atoms with Gasteiger partial charge in [0.05, 0.1) is 0 Å². The van der Waals surface area contributed by atoms with Crippen molar-refractivity contribution in [2.24, 2.45) is 0 Å². The molecule has 0 N–H and O–H groups in total. The van der Waals surface area contributed by atoms with Crippen molar-refractivity contribution < 1.29 is 9.53 Å². The molecule has 2 fully saturated rings. The highest BCUT2D eigenvalue weighted by Gasteiger charge is 2.39. The van der Waals surface area contributed by atoms with Crippen molar-refractivity contribution in [3.63, 3.8) is 0 Å². The number of rotatable bonds is 7. The molecular weight excluding hydrogens is 396 g/mol. The summed E-state index contributed by atoms with van der Waals surface area (Å²) >= 11 is 0. The van der Waals surface area contributed by atoms with Gasteiger partial charge in [-0.1, -0.05) is 67.1 Å². The van der Waals surface area contributed by atoms with Gasteiger partial charge in [0.25, 0.3) is 0 Å². The molecule has 0 radical (unpaired) electrons. The number of nitrogens with zero attached hydrogens (tertiary/aromatic N) is 2. The third kappa shape index (κ3) is 5.72. The van der Waals surface area contributed by atoms with Gasteiger partial charge in [0.15, 0.2) is 0 Å². The number of carbonyl (C=O) groups excluding carboxylic acids is 1. The Morgan fingerprint density at radius 2 is 1.59 bits per heavy atom. The lowest BCUT2D eigenvalue weighted by molar-refractivity contribution is 0.0732. The standard InChI is InChI=1S/C28H38N2O2/c1-29(27(31)32-23-24-11-5-2-6-12-24)26-15-17-28(18-16-26,25-13-7-3-8-14-25)19-22-30-20-9-4-10-21-30/h2-3,5-8,11-14,26H,4,9-10,15-23H2,1H3. The van der Waals surface area contributed by atoms with E-state index >= 15 is 0 Å². The van der Waals surface area contributed by atoms with E-state index in [2.05, 4.69) is 35.2 Å². The Morgan fingerprint density at radius 3 is 2.25 bits per heavy atom. The zero-order valence-electron chi connectivity index (χ0n) is 19.5. The monoisotopic (exact) mass is 434 g/mol. The largest absolute Gasteiger partial charge is 0.445 e. The maximum atomic E-state index is 12.7. The van der Waals surface area contributed by atoms with Crippen molar-refractivity contribution in [2.45, 2.75) is 69.4 Å². The van der Waals surface area contributed by atoms with Crippen molar-refractivity contribution in [3.05, 3.63) is 71.8 Å². The molecule has 1 saturated heterocycles. The van der Waals surface area contributed by atoms with Gasteiger partial charge in [-0.25, -0.2) is 4.79 Å². The molecule has 1 saturated carbocycles. The second-order valence-corrected chi connectivity index (χ2v) is 9.68. The summed E-state index contributed by atoms with van der Waals surface area (Å²) in [7, 11) is 1.90. The lowest BCUT2D eigenvalue weighted by atomic mass is 9.66. The smallest absolute Gasteiger partial charge is 0.410 e. The third-order valence-electron chi connectivity index (χ3n) is 7.69. The molecule has 1 amide bonds. The number of carbonyl (C=O) groups is 1. The summed E-state index contributed by atoms with van der Waals surface area (Å²) in [6.07, 6.45) is 9.40. The molecule has 0 aromatic heterocycles. The Labute approximate surface area is 193 Å². The molecule has 1 aliphatic carbocycles. The molecule has 0 atom stereocenters. The second-order valence-electron chi connectivity index (χ2n) is 9.68. The van der Waals surface area contributed by atoms with Crippen molar-refractivity contribution in [3.8, 4) is 0 Å². The molecule has 0 spiro atoms. The molecule has 172 valence electrons. The highest BCUT2D eigenvalue weighted by molar-refractivity contribution is 5.67. The fraction of sp³-hybridized carbons (Fsp3) is 0.536. The quantitative estimate of drug-likeness (QED) is 0.535. The van der Waals surface area contributed by atoms with Crippen LogP contribution in [0.1, 0.15) is 62.5 Å². The van der Waals surface area contributed by atoms with Gasteiger partial charge in [-0.3, -0.25) is 0 Å².